The van der Waals surface area contributed by atoms with Gasteiger partial charge in [-0.3, -0.25) is 0 Å². The van der Waals surface area contributed by atoms with Crippen LogP contribution in [0, 0.1) is 0 Å². The zero-order valence-electron chi connectivity index (χ0n) is 12.0. The molecule has 0 amide bonds. The minimum Gasteiger partial charge on any atom is -0.369 e. The van der Waals surface area contributed by atoms with E-state index < -0.39 is 0 Å². The summed E-state index contributed by atoms with van der Waals surface area (Å²) < 4.78 is 0. The van der Waals surface area contributed by atoms with E-state index in [1.807, 2.05) is 7.05 Å². The Kier molecular flexibility index (Phi) is 3.61. The number of benzene rings is 1. The van der Waals surface area contributed by atoms with E-state index in [1.165, 1.54) is 23.2 Å². The van der Waals surface area contributed by atoms with Crippen LogP contribution in [0.1, 0.15) is 44.2 Å². The van der Waals surface area contributed by atoms with Crippen LogP contribution in [-0.4, -0.2) is 19.6 Å². The summed E-state index contributed by atoms with van der Waals surface area (Å²) in [5, 5.41) is 4.04. The molecule has 0 bridgehead atoms. The van der Waals surface area contributed by atoms with Crippen molar-refractivity contribution in [1.82, 2.24) is 5.32 Å². The van der Waals surface area contributed by atoms with Gasteiger partial charge in [0.05, 0.1) is 0 Å². The monoisotopic (exact) mass is 266 g/mol. The van der Waals surface area contributed by atoms with Crippen LogP contribution in [0.5, 0.6) is 0 Å². The van der Waals surface area contributed by atoms with Crippen LogP contribution in [0.2, 0.25) is 5.02 Å². The SMILES string of the molecule is CNCc1cc2c(cc1Cl)N(C)C(C)(C)CC2C. The van der Waals surface area contributed by atoms with Gasteiger partial charge in [0.1, 0.15) is 0 Å². The van der Waals surface area contributed by atoms with E-state index in [9.17, 15) is 0 Å². The highest BCUT2D eigenvalue weighted by atomic mass is 35.5. The minimum atomic E-state index is 0.195. The van der Waals surface area contributed by atoms with Crippen molar-refractivity contribution in [1.29, 1.82) is 0 Å². The summed E-state index contributed by atoms with van der Waals surface area (Å²) in [7, 11) is 4.12. The zero-order valence-corrected chi connectivity index (χ0v) is 12.7. The standard InChI is InChI=1S/C15H23ClN2/c1-10-8-15(2,3)18(5)14-7-13(16)11(9-17-4)6-12(10)14/h6-7,10,17H,8-9H2,1-5H3. The third kappa shape index (κ3) is 2.24. The van der Waals surface area contributed by atoms with Gasteiger partial charge in [0.2, 0.25) is 0 Å². The number of hydrogen-bond donors (Lipinski definition) is 1. The van der Waals surface area contributed by atoms with Crippen molar-refractivity contribution in [3.63, 3.8) is 0 Å². The van der Waals surface area contributed by atoms with Gasteiger partial charge in [-0.25, -0.2) is 0 Å². The van der Waals surface area contributed by atoms with Crippen molar-refractivity contribution in [2.24, 2.45) is 0 Å². The van der Waals surface area contributed by atoms with Crippen LogP contribution in [0.3, 0.4) is 0 Å². The minimum absolute atomic E-state index is 0.195. The van der Waals surface area contributed by atoms with Crippen molar-refractivity contribution in [2.45, 2.75) is 45.2 Å². The van der Waals surface area contributed by atoms with Crippen LogP contribution in [0.25, 0.3) is 0 Å². The summed E-state index contributed by atoms with van der Waals surface area (Å²) >= 11 is 6.38. The second kappa shape index (κ2) is 4.75. The number of nitrogens with zero attached hydrogens (tertiary/aromatic N) is 1. The van der Waals surface area contributed by atoms with Crippen molar-refractivity contribution in [3.05, 3.63) is 28.3 Å². The van der Waals surface area contributed by atoms with Crippen LogP contribution in [0.4, 0.5) is 5.69 Å². The van der Waals surface area contributed by atoms with Gasteiger partial charge in [0, 0.05) is 29.8 Å². The molecule has 0 saturated heterocycles. The van der Waals surface area contributed by atoms with Gasteiger partial charge in [-0.2, -0.15) is 0 Å². The van der Waals surface area contributed by atoms with E-state index in [4.69, 9.17) is 11.6 Å². The number of halogens is 1. The van der Waals surface area contributed by atoms with Crippen LogP contribution < -0.4 is 10.2 Å². The quantitative estimate of drug-likeness (QED) is 0.876. The van der Waals surface area contributed by atoms with Crippen molar-refractivity contribution in [3.8, 4) is 0 Å². The fourth-order valence-corrected chi connectivity index (χ4v) is 3.18. The Balaban J connectivity index is 2.51. The predicted molar refractivity (Wildman–Crippen MR) is 79.7 cm³/mol. The van der Waals surface area contributed by atoms with Crippen LogP contribution in [-0.2, 0) is 6.54 Å². The summed E-state index contributed by atoms with van der Waals surface area (Å²) in [5.74, 6) is 0.582. The molecule has 0 radical (unpaired) electrons. The lowest BCUT2D eigenvalue weighted by molar-refractivity contribution is 0.395. The molecule has 1 heterocycles. The lowest BCUT2D eigenvalue weighted by Gasteiger charge is -2.45. The Morgan fingerprint density at radius 2 is 2.11 bits per heavy atom. The molecule has 1 aromatic rings. The number of anilines is 1. The van der Waals surface area contributed by atoms with Gasteiger partial charge in [0.15, 0.2) is 0 Å². The summed E-state index contributed by atoms with van der Waals surface area (Å²) in [4.78, 5) is 2.36. The first kappa shape index (κ1) is 13.7. The molecule has 1 aliphatic heterocycles. The zero-order chi connectivity index (χ0) is 13.5. The van der Waals surface area contributed by atoms with E-state index in [0.717, 1.165) is 11.6 Å². The molecule has 0 aliphatic carbocycles. The molecule has 0 spiro atoms. The summed E-state index contributed by atoms with van der Waals surface area (Å²) in [6, 6.07) is 4.39. The van der Waals surface area contributed by atoms with Gasteiger partial charge in [-0.1, -0.05) is 24.6 Å². The lowest BCUT2D eigenvalue weighted by Crippen LogP contribution is -2.45. The molecule has 1 aliphatic rings. The molecule has 1 N–H and O–H groups in total. The van der Waals surface area contributed by atoms with Crippen molar-refractivity contribution in [2.75, 3.05) is 19.0 Å². The number of nitrogens with one attached hydrogen (secondary N) is 1. The molecule has 0 aromatic heterocycles. The molecule has 2 rings (SSSR count). The van der Waals surface area contributed by atoms with Gasteiger partial charge < -0.3 is 10.2 Å². The number of hydrogen-bond acceptors (Lipinski definition) is 2. The third-order valence-electron chi connectivity index (χ3n) is 4.17. The normalized spacial score (nSPS) is 21.9. The van der Waals surface area contributed by atoms with E-state index in [1.54, 1.807) is 0 Å². The highest BCUT2D eigenvalue weighted by Gasteiger charge is 2.34. The lowest BCUT2D eigenvalue weighted by atomic mass is 9.80. The largest absolute Gasteiger partial charge is 0.369 e. The summed E-state index contributed by atoms with van der Waals surface area (Å²) in [6.07, 6.45) is 1.18. The Morgan fingerprint density at radius 1 is 1.44 bits per heavy atom. The first-order valence-corrected chi connectivity index (χ1v) is 6.95. The van der Waals surface area contributed by atoms with E-state index in [0.29, 0.717) is 5.92 Å². The van der Waals surface area contributed by atoms with Gasteiger partial charge in [0.25, 0.3) is 0 Å². The molecule has 1 unspecified atom stereocenters. The first-order valence-electron chi connectivity index (χ1n) is 6.57. The molecule has 18 heavy (non-hydrogen) atoms. The van der Waals surface area contributed by atoms with Crippen molar-refractivity contribution < 1.29 is 0 Å². The predicted octanol–water partition coefficient (Wildman–Crippen LogP) is 3.78. The third-order valence-corrected chi connectivity index (χ3v) is 4.52. The fourth-order valence-electron chi connectivity index (χ4n) is 2.96. The highest BCUT2D eigenvalue weighted by Crippen LogP contribution is 2.44. The molecule has 0 saturated carbocycles. The number of fused-ring (bicyclic) bond motifs is 1. The molecule has 1 atom stereocenters. The van der Waals surface area contributed by atoms with E-state index in [2.05, 4.69) is 50.2 Å². The molecule has 1 aromatic carbocycles. The van der Waals surface area contributed by atoms with E-state index >= 15 is 0 Å². The average Bonchev–Trinajstić information content (AvgIpc) is 2.28. The second-order valence-corrected chi connectivity index (χ2v) is 6.42. The maximum atomic E-state index is 6.38. The van der Waals surface area contributed by atoms with Gasteiger partial charge >= 0.3 is 0 Å². The van der Waals surface area contributed by atoms with Crippen LogP contribution >= 0.6 is 11.6 Å². The van der Waals surface area contributed by atoms with E-state index in [-0.39, 0.29) is 5.54 Å². The average molecular weight is 267 g/mol. The smallest absolute Gasteiger partial charge is 0.0471 e. The molecular weight excluding hydrogens is 244 g/mol. The number of rotatable bonds is 2. The maximum absolute atomic E-state index is 6.38. The topological polar surface area (TPSA) is 15.3 Å². The van der Waals surface area contributed by atoms with Gasteiger partial charge in [-0.05, 0) is 50.4 Å². The fraction of sp³-hybridized carbons (Fsp3) is 0.600. The molecule has 100 valence electrons. The second-order valence-electron chi connectivity index (χ2n) is 6.01. The Hall–Kier alpha value is -0.730. The molecule has 2 nitrogen and oxygen atoms in total. The molecule has 3 heteroatoms. The first-order chi connectivity index (χ1) is 8.36. The summed E-state index contributed by atoms with van der Waals surface area (Å²) in [5.41, 5.74) is 4.09. The highest BCUT2D eigenvalue weighted by molar-refractivity contribution is 6.31. The summed E-state index contributed by atoms with van der Waals surface area (Å²) in [6.45, 7) is 7.72. The Bertz CT molecular complexity index is 454. The Labute approximate surface area is 115 Å². The maximum Gasteiger partial charge on any atom is 0.0471 e. The Morgan fingerprint density at radius 3 is 2.72 bits per heavy atom. The molecule has 0 fully saturated rings. The molecular formula is C15H23ClN2. The van der Waals surface area contributed by atoms with Gasteiger partial charge in [-0.15, -0.1) is 0 Å². The van der Waals surface area contributed by atoms with Crippen molar-refractivity contribution >= 4 is 17.3 Å². The van der Waals surface area contributed by atoms with Crippen LogP contribution in [0.15, 0.2) is 12.1 Å².